The van der Waals surface area contributed by atoms with E-state index in [2.05, 4.69) is 267 Å². The normalized spacial score (nSPS) is 14.1. The fourth-order valence-corrected chi connectivity index (χ4v) is 14.2. The minimum absolute atomic E-state index is 0.289. The molecular weight excluding hydrogens is 879 g/mol. The Labute approximate surface area is 424 Å². The lowest BCUT2D eigenvalue weighted by atomic mass is 9.70. The number of benzene rings is 13. The fraction of sp³-hybridized carbons (Fsp3) is 0.0556. The summed E-state index contributed by atoms with van der Waals surface area (Å²) in [5.41, 5.74) is 20.8. The highest BCUT2D eigenvalue weighted by molar-refractivity contribution is 6.26. The molecular formula is C72H47N. The van der Waals surface area contributed by atoms with Gasteiger partial charge in [-0.15, -0.1) is 0 Å². The molecule has 1 spiro atoms. The van der Waals surface area contributed by atoms with Gasteiger partial charge in [0, 0.05) is 16.7 Å². The van der Waals surface area contributed by atoms with Crippen LogP contribution in [0.5, 0.6) is 0 Å². The summed E-state index contributed by atoms with van der Waals surface area (Å²) in [7, 11) is 0. The van der Waals surface area contributed by atoms with Crippen molar-refractivity contribution in [2.24, 2.45) is 0 Å². The smallest absolute Gasteiger partial charge is 0.0726 e. The Morgan fingerprint density at radius 3 is 1.41 bits per heavy atom. The molecule has 0 radical (unpaired) electrons. The van der Waals surface area contributed by atoms with Gasteiger partial charge in [-0.2, -0.15) is 0 Å². The summed E-state index contributed by atoms with van der Waals surface area (Å²) in [5.74, 6) is 0. The quantitative estimate of drug-likeness (QED) is 0.159. The molecule has 0 saturated carbocycles. The van der Waals surface area contributed by atoms with Crippen LogP contribution >= 0.6 is 0 Å². The van der Waals surface area contributed by atoms with Gasteiger partial charge in [-0.1, -0.05) is 226 Å². The fourth-order valence-electron chi connectivity index (χ4n) is 14.2. The maximum atomic E-state index is 2.65. The van der Waals surface area contributed by atoms with E-state index < -0.39 is 5.41 Å². The standard InChI is InChI=1S/C72H47N/c1-71(2)63-29-13-9-26-57(63)59-28-17-33-68(70(59)71)73(47-37-39-54-52-22-6-5-20-50(52)51-21-7-8-23-53(51)61(54)41-47)69-43-67-62(42-60(69)46-36-38-49-45(40-46)35-34-44-18-3-4-19-48(44)49)58-27-12-16-32-66(58)72(67)64-30-14-10-24-55(64)56-25-11-15-31-65(56)72/h3-43H,1-2H3. The van der Waals surface area contributed by atoms with E-state index in [1.807, 2.05) is 0 Å². The summed E-state index contributed by atoms with van der Waals surface area (Å²) < 4.78 is 0. The average molecular weight is 926 g/mol. The van der Waals surface area contributed by atoms with Gasteiger partial charge in [0.05, 0.1) is 16.8 Å². The van der Waals surface area contributed by atoms with Gasteiger partial charge in [-0.25, -0.2) is 0 Å². The first-order valence-corrected chi connectivity index (χ1v) is 25.7. The molecule has 3 aliphatic carbocycles. The monoisotopic (exact) mass is 925 g/mol. The van der Waals surface area contributed by atoms with Crippen LogP contribution in [0.15, 0.2) is 249 Å². The van der Waals surface area contributed by atoms with E-state index in [1.165, 1.54) is 137 Å². The van der Waals surface area contributed by atoms with Crippen LogP contribution < -0.4 is 4.90 Å². The van der Waals surface area contributed by atoms with Gasteiger partial charge in [0.15, 0.2) is 0 Å². The molecule has 0 saturated heterocycles. The van der Waals surface area contributed by atoms with E-state index >= 15 is 0 Å². The lowest BCUT2D eigenvalue weighted by Gasteiger charge is -2.35. The third-order valence-electron chi connectivity index (χ3n) is 17.2. The van der Waals surface area contributed by atoms with Crippen LogP contribution in [-0.2, 0) is 10.8 Å². The second-order valence-electron chi connectivity index (χ2n) is 21.1. The van der Waals surface area contributed by atoms with Crippen LogP contribution in [0.1, 0.15) is 47.2 Å². The molecule has 13 aromatic rings. The van der Waals surface area contributed by atoms with Gasteiger partial charge >= 0.3 is 0 Å². The summed E-state index contributed by atoms with van der Waals surface area (Å²) in [5, 5.41) is 12.6. The maximum Gasteiger partial charge on any atom is 0.0726 e. The highest BCUT2D eigenvalue weighted by atomic mass is 15.1. The zero-order valence-corrected chi connectivity index (χ0v) is 40.6. The van der Waals surface area contributed by atoms with Crippen LogP contribution in [-0.4, -0.2) is 0 Å². The lowest BCUT2D eigenvalue weighted by Crippen LogP contribution is -2.26. The third kappa shape index (κ3) is 5.36. The molecule has 0 N–H and O–H groups in total. The third-order valence-corrected chi connectivity index (χ3v) is 17.2. The highest BCUT2D eigenvalue weighted by Gasteiger charge is 2.52. The minimum atomic E-state index is -0.535. The molecule has 0 aromatic heterocycles. The van der Waals surface area contributed by atoms with E-state index in [9.17, 15) is 0 Å². The second kappa shape index (κ2) is 14.8. The van der Waals surface area contributed by atoms with E-state index in [-0.39, 0.29) is 5.41 Å². The molecule has 73 heavy (non-hydrogen) atoms. The summed E-state index contributed by atoms with van der Waals surface area (Å²) in [6.45, 7) is 4.85. The van der Waals surface area contributed by atoms with Crippen molar-refractivity contribution in [1.29, 1.82) is 0 Å². The van der Waals surface area contributed by atoms with Crippen molar-refractivity contribution < 1.29 is 0 Å². The number of rotatable bonds is 4. The van der Waals surface area contributed by atoms with Gasteiger partial charge < -0.3 is 4.90 Å². The predicted octanol–water partition coefficient (Wildman–Crippen LogP) is 19.2. The zero-order valence-electron chi connectivity index (χ0n) is 40.6. The van der Waals surface area contributed by atoms with Crippen LogP contribution in [0.3, 0.4) is 0 Å². The number of hydrogen-bond acceptors (Lipinski definition) is 1. The van der Waals surface area contributed by atoms with Crippen molar-refractivity contribution >= 4 is 70.9 Å². The van der Waals surface area contributed by atoms with E-state index in [0.717, 1.165) is 11.4 Å². The Hall–Kier alpha value is -9.04. The molecule has 0 atom stereocenters. The van der Waals surface area contributed by atoms with E-state index in [0.29, 0.717) is 0 Å². The Morgan fingerprint density at radius 1 is 0.274 bits per heavy atom. The number of hydrogen-bond donors (Lipinski definition) is 0. The van der Waals surface area contributed by atoms with E-state index in [1.54, 1.807) is 0 Å². The summed E-state index contributed by atoms with van der Waals surface area (Å²) >= 11 is 0. The number of anilines is 3. The number of nitrogens with zero attached hydrogens (tertiary/aromatic N) is 1. The first kappa shape index (κ1) is 40.7. The molecule has 3 aliphatic rings. The van der Waals surface area contributed by atoms with Gasteiger partial charge in [0.1, 0.15) is 0 Å². The molecule has 1 nitrogen and oxygen atoms in total. The van der Waals surface area contributed by atoms with Gasteiger partial charge in [0.25, 0.3) is 0 Å². The zero-order chi connectivity index (χ0) is 48.2. The maximum absolute atomic E-state index is 2.65. The molecule has 1 heteroatoms. The molecule has 340 valence electrons. The molecule has 16 rings (SSSR count). The van der Waals surface area contributed by atoms with Crippen molar-refractivity contribution in [2.75, 3.05) is 4.90 Å². The predicted molar refractivity (Wildman–Crippen MR) is 308 cm³/mol. The Balaban J connectivity index is 1.07. The summed E-state index contributed by atoms with van der Waals surface area (Å²) in [6.07, 6.45) is 0. The first-order valence-electron chi connectivity index (χ1n) is 25.7. The molecule has 0 fully saturated rings. The Morgan fingerprint density at radius 2 is 0.753 bits per heavy atom. The first-order chi connectivity index (χ1) is 36.0. The molecule has 0 unspecified atom stereocenters. The second-order valence-corrected chi connectivity index (χ2v) is 21.1. The molecule has 0 bridgehead atoms. The highest BCUT2D eigenvalue weighted by Crippen LogP contribution is 2.65. The van der Waals surface area contributed by atoms with Gasteiger partial charge in [-0.05, 0) is 163 Å². The van der Waals surface area contributed by atoms with Crippen LogP contribution in [0, 0.1) is 0 Å². The summed E-state index contributed by atoms with van der Waals surface area (Å²) in [6, 6.07) is 94.6. The summed E-state index contributed by atoms with van der Waals surface area (Å²) in [4.78, 5) is 2.65. The molecule has 13 aromatic carbocycles. The van der Waals surface area contributed by atoms with Crippen LogP contribution in [0.4, 0.5) is 17.1 Å². The minimum Gasteiger partial charge on any atom is -0.310 e. The average Bonchev–Trinajstić information content (AvgIpc) is 4.01. The van der Waals surface area contributed by atoms with Crippen molar-refractivity contribution in [3.63, 3.8) is 0 Å². The van der Waals surface area contributed by atoms with Crippen molar-refractivity contribution in [1.82, 2.24) is 0 Å². The largest absolute Gasteiger partial charge is 0.310 e. The van der Waals surface area contributed by atoms with E-state index in [4.69, 9.17) is 0 Å². The van der Waals surface area contributed by atoms with Crippen LogP contribution in [0.2, 0.25) is 0 Å². The molecule has 0 aliphatic heterocycles. The van der Waals surface area contributed by atoms with Crippen molar-refractivity contribution in [3.05, 3.63) is 282 Å². The van der Waals surface area contributed by atoms with Gasteiger partial charge in [-0.3, -0.25) is 0 Å². The number of fused-ring (bicyclic) bond motifs is 22. The SMILES string of the molecule is CC1(C)c2ccccc2-c2cccc(N(c3ccc4c5ccccc5c5ccccc5c4c3)c3cc4c(cc3-c3ccc5c(ccc6ccccc65)c3)-c3ccccc3C43c4ccccc4-c4ccccc43)c21. The van der Waals surface area contributed by atoms with Crippen molar-refractivity contribution in [2.45, 2.75) is 24.7 Å². The van der Waals surface area contributed by atoms with Gasteiger partial charge in [0.2, 0.25) is 0 Å². The lowest BCUT2D eigenvalue weighted by molar-refractivity contribution is 0.661. The molecule has 0 heterocycles. The molecule has 0 amide bonds. The Kier molecular flexibility index (Phi) is 8.22. The topological polar surface area (TPSA) is 3.24 Å². The van der Waals surface area contributed by atoms with Crippen LogP contribution in [0.25, 0.3) is 98.4 Å². The van der Waals surface area contributed by atoms with Crippen molar-refractivity contribution in [3.8, 4) is 44.5 Å². The Bertz CT molecular complexity index is 4470.